The second-order valence-corrected chi connectivity index (χ2v) is 7.40. The van der Waals surface area contributed by atoms with Gasteiger partial charge in [-0.25, -0.2) is 4.79 Å². The fourth-order valence-electron chi connectivity index (χ4n) is 3.42. The van der Waals surface area contributed by atoms with E-state index in [1.54, 1.807) is 16.2 Å². The molecule has 1 aromatic heterocycles. The van der Waals surface area contributed by atoms with Gasteiger partial charge in [-0.2, -0.15) is 11.3 Å². The Morgan fingerprint density at radius 3 is 2.67 bits per heavy atom. The lowest BCUT2D eigenvalue weighted by atomic mass is 10.1. The summed E-state index contributed by atoms with van der Waals surface area (Å²) in [6.07, 6.45) is 1.47. The number of nitrogens with one attached hydrogen (secondary N) is 1. The first-order valence-electron chi connectivity index (χ1n) is 9.83. The van der Waals surface area contributed by atoms with Crippen molar-refractivity contribution in [2.75, 3.05) is 39.3 Å². The summed E-state index contributed by atoms with van der Waals surface area (Å²) in [5.41, 5.74) is 7.44. The molecule has 8 heteroatoms. The SMILES string of the molecule is CCOC(=O)N1CCC(NC(N)=NCC(c2ccsc2)N(CC)CC)CC1. The molecule has 1 aliphatic heterocycles. The second kappa shape index (κ2) is 11.1. The van der Waals surface area contributed by atoms with Gasteiger partial charge in [-0.05, 0) is 55.2 Å². The predicted octanol–water partition coefficient (Wildman–Crippen LogP) is 2.66. The predicted molar refractivity (Wildman–Crippen MR) is 111 cm³/mol. The number of likely N-dealkylation sites (tertiary alicyclic amines) is 1. The molecule has 3 N–H and O–H groups in total. The number of nitrogens with zero attached hydrogens (tertiary/aromatic N) is 3. The molecule has 1 atom stereocenters. The van der Waals surface area contributed by atoms with Crippen molar-refractivity contribution in [2.45, 2.75) is 45.7 Å². The first kappa shape index (κ1) is 21.5. The summed E-state index contributed by atoms with van der Waals surface area (Å²) in [4.78, 5) is 20.5. The molecule has 1 saturated heterocycles. The molecule has 1 amide bonds. The molecule has 7 nitrogen and oxygen atoms in total. The maximum Gasteiger partial charge on any atom is 0.409 e. The van der Waals surface area contributed by atoms with Gasteiger partial charge in [-0.3, -0.25) is 9.89 Å². The molecule has 27 heavy (non-hydrogen) atoms. The van der Waals surface area contributed by atoms with E-state index in [1.165, 1.54) is 5.56 Å². The summed E-state index contributed by atoms with van der Waals surface area (Å²) >= 11 is 1.71. The number of piperidine rings is 1. The van der Waals surface area contributed by atoms with Crippen LogP contribution in [0.5, 0.6) is 0 Å². The number of ether oxygens (including phenoxy) is 1. The van der Waals surface area contributed by atoms with Crippen molar-refractivity contribution in [2.24, 2.45) is 10.7 Å². The standard InChI is InChI=1S/C19H33N5O2S/c1-4-23(5-2)17(15-9-12-27-14-15)13-21-18(20)22-16-7-10-24(11-8-16)19(25)26-6-3/h9,12,14,16-17H,4-8,10-11,13H2,1-3H3,(H3,20,21,22). The number of hydrogen-bond donors (Lipinski definition) is 2. The van der Waals surface area contributed by atoms with Gasteiger partial charge in [-0.15, -0.1) is 0 Å². The summed E-state index contributed by atoms with van der Waals surface area (Å²) in [7, 11) is 0. The lowest BCUT2D eigenvalue weighted by molar-refractivity contribution is 0.0963. The van der Waals surface area contributed by atoms with Crippen LogP contribution in [0, 0.1) is 0 Å². The van der Waals surface area contributed by atoms with Crippen LogP contribution in [0.2, 0.25) is 0 Å². The topological polar surface area (TPSA) is 83.2 Å². The van der Waals surface area contributed by atoms with E-state index in [4.69, 9.17) is 10.5 Å². The van der Waals surface area contributed by atoms with Crippen LogP contribution < -0.4 is 11.1 Å². The molecule has 0 bridgehead atoms. The molecular weight excluding hydrogens is 362 g/mol. The van der Waals surface area contributed by atoms with Gasteiger partial charge in [-0.1, -0.05) is 13.8 Å². The number of nitrogens with two attached hydrogens (primary N) is 1. The second-order valence-electron chi connectivity index (χ2n) is 6.62. The molecule has 1 fully saturated rings. The minimum absolute atomic E-state index is 0.226. The van der Waals surface area contributed by atoms with Crippen LogP contribution in [-0.4, -0.2) is 67.2 Å². The number of carbonyl (C=O) groups is 1. The third kappa shape index (κ3) is 6.39. The molecule has 0 radical (unpaired) electrons. The van der Waals surface area contributed by atoms with Crippen LogP contribution >= 0.6 is 11.3 Å². The van der Waals surface area contributed by atoms with E-state index in [-0.39, 0.29) is 18.2 Å². The lowest BCUT2D eigenvalue weighted by Crippen LogP contribution is -2.48. The highest BCUT2D eigenvalue weighted by Gasteiger charge is 2.24. The molecule has 1 aromatic rings. The number of aliphatic imine (C=N–C) groups is 1. The van der Waals surface area contributed by atoms with Crippen molar-refractivity contribution in [3.8, 4) is 0 Å². The number of hydrogen-bond acceptors (Lipinski definition) is 5. The number of carbonyl (C=O) groups excluding carboxylic acids is 1. The van der Waals surface area contributed by atoms with Gasteiger partial charge in [0, 0.05) is 19.1 Å². The number of amides is 1. The monoisotopic (exact) mass is 395 g/mol. The van der Waals surface area contributed by atoms with Crippen LogP contribution in [0.1, 0.15) is 45.2 Å². The quantitative estimate of drug-likeness (QED) is 0.522. The van der Waals surface area contributed by atoms with E-state index in [9.17, 15) is 4.79 Å². The summed E-state index contributed by atoms with van der Waals surface area (Å²) in [5, 5.41) is 7.61. The van der Waals surface area contributed by atoms with E-state index in [0.717, 1.165) is 25.9 Å². The fourth-order valence-corrected chi connectivity index (χ4v) is 4.13. The van der Waals surface area contributed by atoms with Crippen LogP contribution in [0.15, 0.2) is 21.8 Å². The van der Waals surface area contributed by atoms with Gasteiger partial charge in [0.2, 0.25) is 0 Å². The van der Waals surface area contributed by atoms with Crippen molar-refractivity contribution < 1.29 is 9.53 Å². The molecule has 2 heterocycles. The maximum atomic E-state index is 11.8. The third-order valence-corrected chi connectivity index (χ3v) is 5.69. The molecule has 0 aromatic carbocycles. The van der Waals surface area contributed by atoms with E-state index in [1.807, 2.05) is 6.92 Å². The van der Waals surface area contributed by atoms with E-state index < -0.39 is 0 Å². The number of likely N-dealkylation sites (N-methyl/N-ethyl adjacent to an activating group) is 1. The average Bonchev–Trinajstić information content (AvgIpc) is 3.20. The van der Waals surface area contributed by atoms with Crippen molar-refractivity contribution >= 4 is 23.4 Å². The fraction of sp³-hybridized carbons (Fsp3) is 0.684. The zero-order valence-electron chi connectivity index (χ0n) is 16.7. The highest BCUT2D eigenvalue weighted by Crippen LogP contribution is 2.23. The first-order chi connectivity index (χ1) is 13.1. The Balaban J connectivity index is 1.86. The summed E-state index contributed by atoms with van der Waals surface area (Å²) in [6, 6.07) is 2.66. The smallest absolute Gasteiger partial charge is 0.409 e. The summed E-state index contributed by atoms with van der Waals surface area (Å²) in [5.74, 6) is 0.483. The maximum absolute atomic E-state index is 11.8. The van der Waals surface area contributed by atoms with E-state index >= 15 is 0 Å². The zero-order chi connectivity index (χ0) is 19.6. The minimum atomic E-state index is -0.226. The van der Waals surface area contributed by atoms with Crippen LogP contribution in [0.4, 0.5) is 4.79 Å². The normalized spacial score (nSPS) is 17.2. The number of rotatable bonds is 8. The van der Waals surface area contributed by atoms with E-state index in [0.29, 0.717) is 32.2 Å². The van der Waals surface area contributed by atoms with E-state index in [2.05, 4.69) is 45.9 Å². The highest BCUT2D eigenvalue weighted by molar-refractivity contribution is 7.07. The van der Waals surface area contributed by atoms with Crippen molar-refractivity contribution in [1.82, 2.24) is 15.1 Å². The Bertz CT molecular complexity index is 581. The van der Waals surface area contributed by atoms with Gasteiger partial charge in [0.25, 0.3) is 0 Å². The molecule has 0 spiro atoms. The van der Waals surface area contributed by atoms with Gasteiger partial charge in [0.1, 0.15) is 0 Å². The van der Waals surface area contributed by atoms with Crippen LogP contribution in [0.25, 0.3) is 0 Å². The lowest BCUT2D eigenvalue weighted by Gasteiger charge is -2.32. The number of guanidine groups is 1. The Kier molecular flexibility index (Phi) is 8.87. The van der Waals surface area contributed by atoms with Crippen LogP contribution in [-0.2, 0) is 4.74 Å². The Hall–Kier alpha value is -1.80. The molecule has 2 rings (SSSR count). The molecular formula is C19H33N5O2S. The van der Waals surface area contributed by atoms with Crippen molar-refractivity contribution in [3.63, 3.8) is 0 Å². The van der Waals surface area contributed by atoms with Crippen molar-refractivity contribution in [3.05, 3.63) is 22.4 Å². The molecule has 152 valence electrons. The minimum Gasteiger partial charge on any atom is -0.450 e. The van der Waals surface area contributed by atoms with Gasteiger partial charge < -0.3 is 20.7 Å². The molecule has 0 saturated carbocycles. The van der Waals surface area contributed by atoms with Crippen LogP contribution in [0.3, 0.4) is 0 Å². The highest BCUT2D eigenvalue weighted by atomic mass is 32.1. The van der Waals surface area contributed by atoms with Gasteiger partial charge in [0.05, 0.1) is 19.2 Å². The van der Waals surface area contributed by atoms with Crippen molar-refractivity contribution in [1.29, 1.82) is 0 Å². The van der Waals surface area contributed by atoms with Gasteiger partial charge in [0.15, 0.2) is 5.96 Å². The number of thiophene rings is 1. The zero-order valence-corrected chi connectivity index (χ0v) is 17.5. The average molecular weight is 396 g/mol. The Morgan fingerprint density at radius 1 is 1.41 bits per heavy atom. The summed E-state index contributed by atoms with van der Waals surface area (Å²) in [6.45, 7) is 10.5. The summed E-state index contributed by atoms with van der Waals surface area (Å²) < 4.78 is 5.06. The molecule has 0 aliphatic carbocycles. The Labute approximate surface area is 166 Å². The largest absolute Gasteiger partial charge is 0.450 e. The third-order valence-electron chi connectivity index (χ3n) is 4.99. The first-order valence-corrected chi connectivity index (χ1v) is 10.8. The van der Waals surface area contributed by atoms with Gasteiger partial charge >= 0.3 is 6.09 Å². The molecule has 1 unspecified atom stereocenters. The Morgan fingerprint density at radius 2 is 2.11 bits per heavy atom. The molecule has 1 aliphatic rings.